The zero-order valence-electron chi connectivity index (χ0n) is 10.4. The van der Waals surface area contributed by atoms with Gasteiger partial charge in [0.05, 0.1) is 4.92 Å². The fourth-order valence-electron chi connectivity index (χ4n) is 1.92. The Labute approximate surface area is 115 Å². The third kappa shape index (κ3) is 2.90. The molecule has 1 aromatic rings. The molecule has 4 nitrogen and oxygen atoms in total. The van der Waals surface area contributed by atoms with Gasteiger partial charge in [0.2, 0.25) is 0 Å². The number of benzene rings is 1. The Morgan fingerprint density at radius 2 is 2.22 bits per heavy atom. The normalized spacial score (nSPS) is 13.9. The Balaban J connectivity index is 3.39. The second-order valence-electron chi connectivity index (χ2n) is 4.27. The van der Waals surface area contributed by atoms with Crippen LogP contribution in [0.2, 0.25) is 0 Å². The third-order valence-corrected chi connectivity index (χ3v) is 3.61. The minimum Gasteiger partial charge on any atom is -0.502 e. The van der Waals surface area contributed by atoms with Crippen LogP contribution in [0.1, 0.15) is 31.7 Å². The maximum absolute atomic E-state index is 10.9. The molecular formula is C13H16BrNO3. The van der Waals surface area contributed by atoms with Gasteiger partial charge >= 0.3 is 5.69 Å². The zero-order chi connectivity index (χ0) is 13.9. The average Bonchev–Trinajstić information content (AvgIpc) is 2.33. The summed E-state index contributed by atoms with van der Waals surface area (Å²) >= 11 is 3.23. The van der Waals surface area contributed by atoms with E-state index in [2.05, 4.69) is 22.5 Å². The molecule has 0 aromatic heterocycles. The highest BCUT2D eigenvalue weighted by Gasteiger charge is 2.25. The summed E-state index contributed by atoms with van der Waals surface area (Å²) in [6, 6.07) is 3.01. The quantitative estimate of drug-likeness (QED) is 0.498. The predicted molar refractivity (Wildman–Crippen MR) is 74.9 cm³/mol. The molecule has 0 saturated carbocycles. The lowest BCUT2D eigenvalue weighted by molar-refractivity contribution is -0.386. The van der Waals surface area contributed by atoms with Crippen molar-refractivity contribution >= 4 is 21.6 Å². The first kappa shape index (κ1) is 14.7. The molecule has 0 saturated heterocycles. The fourth-order valence-corrected chi connectivity index (χ4v) is 2.38. The number of hydrogen-bond donors (Lipinski definition) is 1. The molecule has 1 rings (SSSR count). The van der Waals surface area contributed by atoms with Crippen molar-refractivity contribution in [3.05, 3.63) is 44.9 Å². The maximum atomic E-state index is 10.9. The van der Waals surface area contributed by atoms with Crippen molar-refractivity contribution < 1.29 is 10.0 Å². The van der Waals surface area contributed by atoms with Crippen LogP contribution in [-0.2, 0) is 0 Å². The molecule has 0 radical (unpaired) electrons. The molecule has 0 bridgehead atoms. The Kier molecular flexibility index (Phi) is 4.90. The lowest BCUT2D eigenvalue weighted by Crippen LogP contribution is -2.07. The third-order valence-electron chi connectivity index (χ3n) is 3.15. The van der Waals surface area contributed by atoms with Gasteiger partial charge in [0.1, 0.15) is 0 Å². The van der Waals surface area contributed by atoms with Crippen LogP contribution in [0.3, 0.4) is 0 Å². The van der Waals surface area contributed by atoms with Crippen LogP contribution in [0.25, 0.3) is 0 Å². The minimum absolute atomic E-state index is 0.105. The number of phenols is 1. The Hall–Kier alpha value is -1.36. The van der Waals surface area contributed by atoms with Gasteiger partial charge in [0.25, 0.3) is 0 Å². The van der Waals surface area contributed by atoms with E-state index in [1.807, 2.05) is 13.8 Å². The van der Waals surface area contributed by atoms with Crippen molar-refractivity contribution in [2.45, 2.75) is 26.2 Å². The molecule has 0 fully saturated rings. The Bertz CT molecular complexity index is 474. The van der Waals surface area contributed by atoms with E-state index in [4.69, 9.17) is 0 Å². The van der Waals surface area contributed by atoms with Gasteiger partial charge in [-0.2, -0.15) is 0 Å². The summed E-state index contributed by atoms with van der Waals surface area (Å²) in [7, 11) is 0. The zero-order valence-corrected chi connectivity index (χ0v) is 12.0. The van der Waals surface area contributed by atoms with E-state index >= 15 is 0 Å². The van der Waals surface area contributed by atoms with Gasteiger partial charge in [-0.25, -0.2) is 0 Å². The molecule has 0 spiro atoms. The highest BCUT2D eigenvalue weighted by atomic mass is 79.9. The van der Waals surface area contributed by atoms with Crippen LogP contribution >= 0.6 is 15.9 Å². The fraction of sp³-hybridized carbons (Fsp3) is 0.385. The number of allylic oxidation sites excluding steroid dienone is 1. The second-order valence-corrected chi connectivity index (χ2v) is 5.18. The summed E-state index contributed by atoms with van der Waals surface area (Å²) in [6.07, 6.45) is 2.62. The van der Waals surface area contributed by atoms with Crippen molar-refractivity contribution in [1.82, 2.24) is 0 Å². The predicted octanol–water partition coefficient (Wildman–Crippen LogP) is 4.38. The van der Waals surface area contributed by atoms with Gasteiger partial charge in [-0.15, -0.1) is 6.58 Å². The van der Waals surface area contributed by atoms with E-state index in [-0.39, 0.29) is 23.3 Å². The standard InChI is InChI=1S/C13H16BrNO3/c1-4-8(3)10(5-2)11-6-9(14)7-12(13(11)16)15(17)18/h5-8,10,16H,2,4H2,1,3H3. The summed E-state index contributed by atoms with van der Waals surface area (Å²) in [6.45, 7) is 7.81. The Morgan fingerprint density at radius 3 is 2.67 bits per heavy atom. The molecule has 0 aliphatic carbocycles. The minimum atomic E-state index is -0.583. The number of aromatic hydroxyl groups is 1. The molecule has 0 amide bonds. The van der Waals surface area contributed by atoms with Crippen LogP contribution in [0.5, 0.6) is 5.75 Å². The van der Waals surface area contributed by atoms with Crippen LogP contribution in [0, 0.1) is 16.0 Å². The van der Waals surface area contributed by atoms with Crippen molar-refractivity contribution in [2.24, 2.45) is 5.92 Å². The molecular weight excluding hydrogens is 298 g/mol. The smallest absolute Gasteiger partial charge is 0.312 e. The number of halogens is 1. The largest absolute Gasteiger partial charge is 0.502 e. The lowest BCUT2D eigenvalue weighted by atomic mass is 9.85. The van der Waals surface area contributed by atoms with Gasteiger partial charge in [-0.3, -0.25) is 10.1 Å². The maximum Gasteiger partial charge on any atom is 0.312 e. The van der Waals surface area contributed by atoms with Crippen LogP contribution in [-0.4, -0.2) is 10.0 Å². The number of nitro groups is 1. The van der Waals surface area contributed by atoms with Gasteiger partial charge in [0.15, 0.2) is 5.75 Å². The van der Waals surface area contributed by atoms with Crippen molar-refractivity contribution in [3.8, 4) is 5.75 Å². The van der Waals surface area contributed by atoms with Crippen molar-refractivity contribution in [1.29, 1.82) is 0 Å². The van der Waals surface area contributed by atoms with E-state index in [0.29, 0.717) is 10.0 Å². The van der Waals surface area contributed by atoms with E-state index < -0.39 is 4.92 Å². The first-order valence-corrected chi connectivity index (χ1v) is 6.51. The number of rotatable bonds is 5. The molecule has 2 atom stereocenters. The molecule has 0 aliphatic heterocycles. The molecule has 18 heavy (non-hydrogen) atoms. The van der Waals surface area contributed by atoms with Gasteiger partial charge in [0, 0.05) is 22.0 Å². The summed E-state index contributed by atoms with van der Waals surface area (Å²) in [5.41, 5.74) is 0.259. The van der Waals surface area contributed by atoms with E-state index in [9.17, 15) is 15.2 Å². The molecule has 1 N–H and O–H groups in total. The molecule has 0 heterocycles. The highest BCUT2D eigenvalue weighted by molar-refractivity contribution is 9.10. The summed E-state index contributed by atoms with van der Waals surface area (Å²) in [4.78, 5) is 10.3. The van der Waals surface area contributed by atoms with E-state index in [1.54, 1.807) is 12.1 Å². The Morgan fingerprint density at radius 1 is 1.61 bits per heavy atom. The first-order valence-electron chi connectivity index (χ1n) is 5.71. The monoisotopic (exact) mass is 313 g/mol. The second kappa shape index (κ2) is 6.00. The number of hydrogen-bond acceptors (Lipinski definition) is 3. The van der Waals surface area contributed by atoms with E-state index in [0.717, 1.165) is 6.42 Å². The van der Waals surface area contributed by atoms with Crippen LogP contribution < -0.4 is 0 Å². The van der Waals surface area contributed by atoms with Gasteiger partial charge < -0.3 is 5.11 Å². The SMILES string of the molecule is C=CC(c1cc(Br)cc([N+](=O)[O-])c1O)C(C)CC. The highest BCUT2D eigenvalue weighted by Crippen LogP contribution is 2.41. The lowest BCUT2D eigenvalue weighted by Gasteiger charge is -2.20. The summed E-state index contributed by atoms with van der Waals surface area (Å²) in [5, 5.41) is 20.9. The van der Waals surface area contributed by atoms with E-state index in [1.165, 1.54) is 6.07 Å². The molecule has 1 aromatic carbocycles. The number of nitrogens with zero attached hydrogens (tertiary/aromatic N) is 1. The van der Waals surface area contributed by atoms with Crippen LogP contribution in [0.15, 0.2) is 29.3 Å². The average molecular weight is 314 g/mol. The van der Waals surface area contributed by atoms with Crippen LogP contribution in [0.4, 0.5) is 5.69 Å². The summed E-state index contributed by atoms with van der Waals surface area (Å²) in [5.74, 6) is -0.123. The first-order chi connectivity index (χ1) is 8.42. The molecule has 5 heteroatoms. The van der Waals surface area contributed by atoms with Gasteiger partial charge in [-0.1, -0.05) is 42.3 Å². The summed E-state index contributed by atoms with van der Waals surface area (Å²) < 4.78 is 0.581. The van der Waals surface area contributed by atoms with Crippen molar-refractivity contribution in [3.63, 3.8) is 0 Å². The topological polar surface area (TPSA) is 63.4 Å². The number of nitro benzene ring substituents is 1. The molecule has 2 unspecified atom stereocenters. The van der Waals surface area contributed by atoms with Crippen molar-refractivity contribution in [2.75, 3.05) is 0 Å². The van der Waals surface area contributed by atoms with Gasteiger partial charge in [-0.05, 0) is 12.0 Å². The number of phenolic OH excluding ortho intramolecular Hbond substituents is 1. The molecule has 98 valence electrons. The molecule has 0 aliphatic rings.